The second-order valence-electron chi connectivity index (χ2n) is 4.43. The van der Waals surface area contributed by atoms with Gasteiger partial charge in [0.05, 0.1) is 35.1 Å². The van der Waals surface area contributed by atoms with E-state index in [1.807, 2.05) is 0 Å². The minimum absolute atomic E-state index is 0.211. The quantitative estimate of drug-likeness (QED) is 0.527. The molecule has 0 saturated heterocycles. The lowest BCUT2D eigenvalue weighted by Crippen LogP contribution is -2.03. The smallest absolute Gasteiger partial charge is 0.340 e. The molecule has 0 bridgehead atoms. The molecule has 0 aliphatic rings. The Balaban J connectivity index is 2.17. The van der Waals surface area contributed by atoms with Gasteiger partial charge in [0.2, 0.25) is 0 Å². The van der Waals surface area contributed by atoms with E-state index in [0.717, 1.165) is 5.56 Å². The molecule has 0 radical (unpaired) electrons. The molecule has 0 atom stereocenters. The summed E-state index contributed by atoms with van der Waals surface area (Å²) in [7, 11) is 1.29. The first kappa shape index (κ1) is 14.7. The Kier molecular flexibility index (Phi) is 3.92. The lowest BCUT2D eigenvalue weighted by Gasteiger charge is -2.07. The Hall–Kier alpha value is -2.24. The molecule has 5 nitrogen and oxygen atoms in total. The molecule has 3 rings (SSSR count). The summed E-state index contributed by atoms with van der Waals surface area (Å²) in [5.74, 6) is -0.536. The fourth-order valence-corrected chi connectivity index (χ4v) is 2.39. The average molecular weight is 334 g/mol. The number of fused-ring (bicyclic) bond motifs is 1. The van der Waals surface area contributed by atoms with Crippen molar-refractivity contribution < 1.29 is 9.53 Å². The summed E-state index contributed by atoms with van der Waals surface area (Å²) >= 11 is 12.1. The molecule has 0 aliphatic heterocycles. The Bertz CT molecular complexity index is 867. The van der Waals surface area contributed by atoms with Gasteiger partial charge in [-0.25, -0.2) is 9.78 Å². The lowest BCUT2D eigenvalue weighted by atomic mass is 10.1. The maximum Gasteiger partial charge on any atom is 0.340 e. The van der Waals surface area contributed by atoms with E-state index in [-0.39, 0.29) is 10.6 Å². The van der Waals surface area contributed by atoms with Gasteiger partial charge < -0.3 is 4.74 Å². The zero-order valence-electron chi connectivity index (χ0n) is 11.4. The SMILES string of the molecule is COC(=O)c1cnc2cnc(-c3ccc(Cl)nc3)cc2c1Cl. The first-order chi connectivity index (χ1) is 10.6. The Morgan fingerprint density at radius 3 is 2.59 bits per heavy atom. The number of carbonyl (C=O) groups is 1. The second kappa shape index (κ2) is 5.87. The van der Waals surface area contributed by atoms with Crippen molar-refractivity contribution >= 4 is 40.1 Å². The second-order valence-corrected chi connectivity index (χ2v) is 5.20. The summed E-state index contributed by atoms with van der Waals surface area (Å²) in [4.78, 5) is 24.2. The van der Waals surface area contributed by atoms with Crippen molar-refractivity contribution in [1.82, 2.24) is 15.0 Å². The van der Waals surface area contributed by atoms with Crippen LogP contribution in [0.1, 0.15) is 10.4 Å². The Morgan fingerprint density at radius 1 is 1.09 bits per heavy atom. The summed E-state index contributed by atoms with van der Waals surface area (Å²) in [5.41, 5.74) is 2.24. The molecule has 0 saturated carbocycles. The predicted octanol–water partition coefficient (Wildman–Crippen LogP) is 3.79. The molecule has 0 aliphatic carbocycles. The van der Waals surface area contributed by atoms with Crippen LogP contribution in [0.15, 0.2) is 36.8 Å². The van der Waals surface area contributed by atoms with E-state index in [0.29, 0.717) is 21.7 Å². The zero-order valence-corrected chi connectivity index (χ0v) is 12.9. The van der Waals surface area contributed by atoms with Gasteiger partial charge in [0.1, 0.15) is 5.15 Å². The molecule has 3 heterocycles. The van der Waals surface area contributed by atoms with E-state index in [2.05, 4.69) is 15.0 Å². The Labute approximate surface area is 135 Å². The normalized spacial score (nSPS) is 10.7. The zero-order chi connectivity index (χ0) is 15.7. The maximum absolute atomic E-state index is 11.7. The van der Waals surface area contributed by atoms with E-state index in [9.17, 15) is 4.79 Å². The molecule has 0 amide bonds. The van der Waals surface area contributed by atoms with Gasteiger partial charge in [-0.1, -0.05) is 23.2 Å². The number of ether oxygens (including phenoxy) is 1. The first-order valence-corrected chi connectivity index (χ1v) is 7.00. The van der Waals surface area contributed by atoms with Crippen LogP contribution in [-0.2, 0) is 4.74 Å². The number of halogens is 2. The van der Waals surface area contributed by atoms with Gasteiger partial charge in [-0.15, -0.1) is 0 Å². The van der Waals surface area contributed by atoms with Crippen LogP contribution in [0.5, 0.6) is 0 Å². The standard InChI is InChI=1S/C15H9Cl2N3O2/c1-22-15(21)10-6-18-12-7-19-11(4-9(12)14(10)17)8-2-3-13(16)20-5-8/h2-7H,1H3. The third-order valence-corrected chi connectivity index (χ3v) is 3.75. The van der Waals surface area contributed by atoms with Crippen molar-refractivity contribution in [3.8, 4) is 11.3 Å². The van der Waals surface area contributed by atoms with Crippen LogP contribution in [0.4, 0.5) is 0 Å². The molecule has 7 heteroatoms. The average Bonchev–Trinajstić information content (AvgIpc) is 2.55. The molecule has 0 spiro atoms. The highest BCUT2D eigenvalue weighted by Gasteiger charge is 2.15. The number of carbonyl (C=O) groups excluding carboxylic acids is 1. The number of rotatable bonds is 2. The number of nitrogens with zero attached hydrogens (tertiary/aromatic N) is 3. The van der Waals surface area contributed by atoms with Crippen molar-refractivity contribution in [1.29, 1.82) is 0 Å². The van der Waals surface area contributed by atoms with Crippen LogP contribution < -0.4 is 0 Å². The van der Waals surface area contributed by atoms with Crippen LogP contribution >= 0.6 is 23.2 Å². The monoisotopic (exact) mass is 333 g/mol. The highest BCUT2D eigenvalue weighted by molar-refractivity contribution is 6.38. The molecule has 0 fully saturated rings. The van der Waals surface area contributed by atoms with Crippen LogP contribution in [0.2, 0.25) is 10.2 Å². The van der Waals surface area contributed by atoms with Crippen LogP contribution in [0.25, 0.3) is 22.2 Å². The van der Waals surface area contributed by atoms with Crippen LogP contribution in [0, 0.1) is 0 Å². The van der Waals surface area contributed by atoms with E-state index < -0.39 is 5.97 Å². The number of pyridine rings is 3. The van der Waals surface area contributed by atoms with E-state index in [4.69, 9.17) is 27.9 Å². The molecule has 3 aromatic rings. The highest BCUT2D eigenvalue weighted by Crippen LogP contribution is 2.29. The van der Waals surface area contributed by atoms with E-state index >= 15 is 0 Å². The summed E-state index contributed by atoms with van der Waals surface area (Å²) < 4.78 is 4.69. The minimum Gasteiger partial charge on any atom is -0.465 e. The van der Waals surface area contributed by atoms with Gasteiger partial charge in [0.25, 0.3) is 0 Å². The Morgan fingerprint density at radius 2 is 1.91 bits per heavy atom. The van der Waals surface area contributed by atoms with Gasteiger partial charge in [-0.2, -0.15) is 0 Å². The van der Waals surface area contributed by atoms with Gasteiger partial charge in [-0.05, 0) is 18.2 Å². The third-order valence-electron chi connectivity index (χ3n) is 3.12. The van der Waals surface area contributed by atoms with E-state index in [1.54, 1.807) is 30.6 Å². The highest BCUT2D eigenvalue weighted by atomic mass is 35.5. The summed E-state index contributed by atoms with van der Waals surface area (Å²) in [5, 5.41) is 1.30. The largest absolute Gasteiger partial charge is 0.465 e. The molecule has 0 N–H and O–H groups in total. The topological polar surface area (TPSA) is 65.0 Å². The van der Waals surface area contributed by atoms with Crippen LogP contribution in [0.3, 0.4) is 0 Å². The van der Waals surface area contributed by atoms with Gasteiger partial charge in [-0.3, -0.25) is 9.97 Å². The lowest BCUT2D eigenvalue weighted by molar-refractivity contribution is 0.0600. The number of aromatic nitrogens is 3. The van der Waals surface area contributed by atoms with Crippen molar-refractivity contribution in [2.45, 2.75) is 0 Å². The van der Waals surface area contributed by atoms with Crippen LogP contribution in [-0.4, -0.2) is 28.0 Å². The fraction of sp³-hybridized carbons (Fsp3) is 0.0667. The molecular weight excluding hydrogens is 325 g/mol. The molecule has 110 valence electrons. The van der Waals surface area contributed by atoms with Gasteiger partial charge in [0, 0.05) is 23.3 Å². The number of hydrogen-bond donors (Lipinski definition) is 0. The third kappa shape index (κ3) is 2.61. The van der Waals surface area contributed by atoms with Crippen molar-refractivity contribution in [2.75, 3.05) is 7.11 Å². The first-order valence-electron chi connectivity index (χ1n) is 6.24. The summed E-state index contributed by atoms with van der Waals surface area (Å²) in [6, 6.07) is 5.23. The molecule has 22 heavy (non-hydrogen) atoms. The summed E-state index contributed by atoms with van der Waals surface area (Å²) in [6.07, 6.45) is 4.58. The minimum atomic E-state index is -0.536. The van der Waals surface area contributed by atoms with Gasteiger partial charge >= 0.3 is 5.97 Å². The number of hydrogen-bond acceptors (Lipinski definition) is 5. The molecule has 3 aromatic heterocycles. The fourth-order valence-electron chi connectivity index (χ4n) is 2.00. The molecule has 0 unspecified atom stereocenters. The van der Waals surface area contributed by atoms with Crippen molar-refractivity contribution in [3.63, 3.8) is 0 Å². The number of esters is 1. The predicted molar refractivity (Wildman–Crippen MR) is 84.1 cm³/mol. The van der Waals surface area contributed by atoms with Crippen molar-refractivity contribution in [2.24, 2.45) is 0 Å². The van der Waals surface area contributed by atoms with Crippen molar-refractivity contribution in [3.05, 3.63) is 52.5 Å². The summed E-state index contributed by atoms with van der Waals surface area (Å²) in [6.45, 7) is 0. The maximum atomic E-state index is 11.7. The van der Waals surface area contributed by atoms with Gasteiger partial charge in [0.15, 0.2) is 0 Å². The number of methoxy groups -OCH3 is 1. The molecule has 0 aromatic carbocycles. The molecular formula is C15H9Cl2N3O2. The van der Waals surface area contributed by atoms with E-state index in [1.165, 1.54) is 13.3 Å².